The Hall–Kier alpha value is -0.990. The van der Waals surface area contributed by atoms with E-state index in [1.165, 1.54) is 16.9 Å². The number of nitrogens with one attached hydrogen (secondary N) is 1. The highest BCUT2D eigenvalue weighted by molar-refractivity contribution is 7.89. The SMILES string of the molecule is CC(CC(N)=S)NS(=O)(=O)c1ccnn1C. The van der Waals surface area contributed by atoms with E-state index in [9.17, 15) is 8.42 Å². The molecular weight excluding hydrogens is 248 g/mol. The summed E-state index contributed by atoms with van der Waals surface area (Å²) < 4.78 is 27.5. The lowest BCUT2D eigenvalue weighted by atomic mass is 10.3. The van der Waals surface area contributed by atoms with Gasteiger partial charge in [0.1, 0.15) is 0 Å². The van der Waals surface area contributed by atoms with Crippen molar-refractivity contribution in [2.75, 3.05) is 0 Å². The fourth-order valence-electron chi connectivity index (χ4n) is 1.29. The molecule has 1 atom stereocenters. The fraction of sp³-hybridized carbons (Fsp3) is 0.500. The van der Waals surface area contributed by atoms with Crippen LogP contribution >= 0.6 is 12.2 Å². The van der Waals surface area contributed by atoms with E-state index in [-0.39, 0.29) is 16.1 Å². The zero-order chi connectivity index (χ0) is 12.3. The Morgan fingerprint density at radius 2 is 2.38 bits per heavy atom. The van der Waals surface area contributed by atoms with Crippen molar-refractivity contribution in [3.05, 3.63) is 12.3 Å². The molecule has 1 aromatic rings. The van der Waals surface area contributed by atoms with Crippen molar-refractivity contribution in [1.29, 1.82) is 0 Å². The number of rotatable bonds is 5. The molecule has 0 saturated heterocycles. The van der Waals surface area contributed by atoms with Crippen LogP contribution in [0.25, 0.3) is 0 Å². The van der Waals surface area contributed by atoms with Crippen LogP contribution in [-0.4, -0.2) is 29.2 Å². The van der Waals surface area contributed by atoms with Gasteiger partial charge in [-0.25, -0.2) is 13.1 Å². The first-order valence-corrected chi connectivity index (χ1v) is 6.50. The molecule has 0 aliphatic rings. The summed E-state index contributed by atoms with van der Waals surface area (Å²) in [6.45, 7) is 1.70. The number of hydrogen-bond acceptors (Lipinski definition) is 4. The summed E-state index contributed by atoms with van der Waals surface area (Å²) in [7, 11) is -1.99. The smallest absolute Gasteiger partial charge is 0.257 e. The lowest BCUT2D eigenvalue weighted by Gasteiger charge is -2.13. The van der Waals surface area contributed by atoms with Crippen LogP contribution in [0.1, 0.15) is 13.3 Å². The molecule has 6 nitrogen and oxygen atoms in total. The second-order valence-electron chi connectivity index (χ2n) is 3.49. The van der Waals surface area contributed by atoms with Gasteiger partial charge in [-0.3, -0.25) is 4.68 Å². The molecule has 0 bridgehead atoms. The minimum Gasteiger partial charge on any atom is -0.393 e. The third kappa shape index (κ3) is 3.26. The molecule has 0 fully saturated rings. The molecule has 0 spiro atoms. The van der Waals surface area contributed by atoms with Crippen LogP contribution in [-0.2, 0) is 17.1 Å². The van der Waals surface area contributed by atoms with Crippen molar-refractivity contribution < 1.29 is 8.42 Å². The second-order valence-corrected chi connectivity index (χ2v) is 5.67. The molecule has 90 valence electrons. The van der Waals surface area contributed by atoms with Crippen LogP contribution in [0.3, 0.4) is 0 Å². The van der Waals surface area contributed by atoms with Gasteiger partial charge in [0.05, 0.1) is 11.2 Å². The highest BCUT2D eigenvalue weighted by atomic mass is 32.2. The Morgan fingerprint density at radius 1 is 1.75 bits per heavy atom. The lowest BCUT2D eigenvalue weighted by molar-refractivity contribution is 0.548. The molecule has 0 aliphatic heterocycles. The maximum Gasteiger partial charge on any atom is 0.257 e. The van der Waals surface area contributed by atoms with E-state index in [0.717, 1.165) is 0 Å². The van der Waals surface area contributed by atoms with E-state index in [1.54, 1.807) is 14.0 Å². The van der Waals surface area contributed by atoms with Crippen molar-refractivity contribution in [1.82, 2.24) is 14.5 Å². The van der Waals surface area contributed by atoms with Crippen molar-refractivity contribution in [2.45, 2.75) is 24.4 Å². The van der Waals surface area contributed by atoms with Crippen LogP contribution in [0.2, 0.25) is 0 Å². The van der Waals surface area contributed by atoms with E-state index in [4.69, 9.17) is 18.0 Å². The third-order valence-corrected chi connectivity index (χ3v) is 3.75. The van der Waals surface area contributed by atoms with Crippen molar-refractivity contribution in [3.8, 4) is 0 Å². The van der Waals surface area contributed by atoms with Gasteiger partial charge in [0, 0.05) is 19.5 Å². The molecule has 3 N–H and O–H groups in total. The van der Waals surface area contributed by atoms with Crippen LogP contribution in [0.5, 0.6) is 0 Å². The Kier molecular flexibility index (Phi) is 4.00. The van der Waals surface area contributed by atoms with Gasteiger partial charge in [0.15, 0.2) is 5.03 Å². The monoisotopic (exact) mass is 262 g/mol. The summed E-state index contributed by atoms with van der Waals surface area (Å²) in [4.78, 5) is 0.278. The van der Waals surface area contributed by atoms with Gasteiger partial charge < -0.3 is 5.73 Å². The fourth-order valence-corrected chi connectivity index (χ4v) is 2.91. The quantitative estimate of drug-likeness (QED) is 0.715. The number of aromatic nitrogens is 2. The average molecular weight is 262 g/mol. The molecule has 1 aromatic heterocycles. The van der Waals surface area contributed by atoms with E-state index in [0.29, 0.717) is 6.42 Å². The molecule has 8 heteroatoms. The second kappa shape index (κ2) is 4.89. The van der Waals surface area contributed by atoms with E-state index >= 15 is 0 Å². The van der Waals surface area contributed by atoms with Crippen molar-refractivity contribution in [2.24, 2.45) is 12.8 Å². The summed E-state index contributed by atoms with van der Waals surface area (Å²) in [5, 5.41) is 3.91. The number of sulfonamides is 1. The number of nitrogens with two attached hydrogens (primary N) is 1. The minimum absolute atomic E-state index is 0.113. The van der Waals surface area contributed by atoms with Crippen LogP contribution in [0.4, 0.5) is 0 Å². The van der Waals surface area contributed by atoms with Gasteiger partial charge in [0.25, 0.3) is 10.0 Å². The largest absolute Gasteiger partial charge is 0.393 e. The number of thiocarbonyl (C=S) groups is 1. The molecule has 1 unspecified atom stereocenters. The molecule has 0 aliphatic carbocycles. The van der Waals surface area contributed by atoms with Crippen molar-refractivity contribution >= 4 is 27.2 Å². The predicted molar refractivity (Wildman–Crippen MR) is 64.4 cm³/mol. The topological polar surface area (TPSA) is 90.0 Å². The standard InChI is InChI=1S/C8H14N4O2S2/c1-6(5-7(9)15)11-16(13,14)8-3-4-10-12(8)2/h3-4,6,11H,5H2,1-2H3,(H2,9,15). The summed E-state index contributed by atoms with van der Waals surface area (Å²) in [6, 6.07) is 1.09. The normalized spacial score (nSPS) is 13.6. The molecule has 0 radical (unpaired) electrons. The molecule has 0 saturated carbocycles. The summed E-state index contributed by atoms with van der Waals surface area (Å²) in [6.07, 6.45) is 1.75. The highest BCUT2D eigenvalue weighted by Gasteiger charge is 2.20. The zero-order valence-corrected chi connectivity index (χ0v) is 10.7. The highest BCUT2D eigenvalue weighted by Crippen LogP contribution is 2.07. The molecule has 16 heavy (non-hydrogen) atoms. The Morgan fingerprint density at radius 3 is 2.81 bits per heavy atom. The molecule has 1 heterocycles. The Labute approximate surface area is 99.9 Å². The summed E-state index contributed by atoms with van der Waals surface area (Å²) in [5.41, 5.74) is 5.34. The van der Waals surface area contributed by atoms with Crippen LogP contribution in [0, 0.1) is 0 Å². The zero-order valence-electron chi connectivity index (χ0n) is 9.04. The van der Waals surface area contributed by atoms with E-state index < -0.39 is 10.0 Å². The van der Waals surface area contributed by atoms with Gasteiger partial charge in [-0.1, -0.05) is 12.2 Å². The molecule has 1 rings (SSSR count). The third-order valence-electron chi connectivity index (χ3n) is 1.91. The summed E-state index contributed by atoms with van der Waals surface area (Å²) in [5.74, 6) is 0. The number of aryl methyl sites for hydroxylation is 1. The van der Waals surface area contributed by atoms with E-state index in [1.807, 2.05) is 0 Å². The molecule has 0 amide bonds. The maximum absolute atomic E-state index is 11.8. The average Bonchev–Trinajstić information content (AvgIpc) is 2.48. The van der Waals surface area contributed by atoms with Gasteiger partial charge in [-0.2, -0.15) is 5.10 Å². The van der Waals surface area contributed by atoms with E-state index in [2.05, 4.69) is 9.82 Å². The van der Waals surface area contributed by atoms with Crippen LogP contribution < -0.4 is 10.5 Å². The molecular formula is C8H14N4O2S2. The lowest BCUT2D eigenvalue weighted by Crippen LogP contribution is -2.36. The van der Waals surface area contributed by atoms with Gasteiger partial charge in [-0.15, -0.1) is 0 Å². The minimum atomic E-state index is -3.56. The van der Waals surface area contributed by atoms with Crippen LogP contribution in [0.15, 0.2) is 17.3 Å². The Bertz CT molecular complexity index is 480. The van der Waals surface area contributed by atoms with Gasteiger partial charge >= 0.3 is 0 Å². The molecule has 0 aromatic carbocycles. The predicted octanol–water partition coefficient (Wildman–Crippen LogP) is -0.237. The first-order chi connectivity index (χ1) is 7.33. The van der Waals surface area contributed by atoms with Gasteiger partial charge in [0.2, 0.25) is 0 Å². The maximum atomic E-state index is 11.8. The van der Waals surface area contributed by atoms with Gasteiger partial charge in [-0.05, 0) is 13.0 Å². The van der Waals surface area contributed by atoms with Crippen molar-refractivity contribution in [3.63, 3.8) is 0 Å². The first-order valence-electron chi connectivity index (χ1n) is 4.61. The number of nitrogens with zero attached hydrogens (tertiary/aromatic N) is 2. The summed E-state index contributed by atoms with van der Waals surface area (Å²) >= 11 is 4.71. The Balaban J connectivity index is 2.81. The first kappa shape index (κ1) is 13.1. The number of hydrogen-bond donors (Lipinski definition) is 2.